The van der Waals surface area contributed by atoms with Gasteiger partial charge in [-0.2, -0.15) is 0 Å². The molecule has 3 saturated heterocycles. The highest BCUT2D eigenvalue weighted by Crippen LogP contribution is 2.49. The topological polar surface area (TPSA) is 82.8 Å². The number of halogens is 1. The lowest BCUT2D eigenvalue weighted by atomic mass is 9.76. The van der Waals surface area contributed by atoms with Gasteiger partial charge in [0.05, 0.1) is 12.6 Å². The summed E-state index contributed by atoms with van der Waals surface area (Å²) in [6.45, 7) is 9.72. The van der Waals surface area contributed by atoms with Crippen molar-refractivity contribution in [2.24, 2.45) is 5.41 Å². The molecule has 1 aromatic carbocycles. The number of amides is 2. The van der Waals surface area contributed by atoms with Gasteiger partial charge in [-0.05, 0) is 62.1 Å². The molecule has 194 valence electrons. The largest absolute Gasteiger partial charge is 0.423 e. The Balaban J connectivity index is 1.30. The van der Waals surface area contributed by atoms with Crippen molar-refractivity contribution >= 4 is 11.8 Å². The van der Waals surface area contributed by atoms with Crippen LogP contribution in [0.2, 0.25) is 0 Å². The SMILES string of the molecule is Cc1ccc(C(=O)N2CCC3(CC2)CC(c2nnc(C(C)C)o2)N(CC(=O)N2CCCC2)C3)cc1F. The van der Waals surface area contributed by atoms with Crippen molar-refractivity contribution in [3.8, 4) is 0 Å². The molecule has 0 aliphatic carbocycles. The molecular formula is C27H36FN5O3. The van der Waals surface area contributed by atoms with Crippen molar-refractivity contribution in [1.82, 2.24) is 24.9 Å². The molecule has 8 nitrogen and oxygen atoms in total. The number of piperidine rings is 1. The van der Waals surface area contributed by atoms with E-state index >= 15 is 0 Å². The fourth-order valence-corrected chi connectivity index (χ4v) is 5.86. The summed E-state index contributed by atoms with van der Waals surface area (Å²) in [5, 5.41) is 8.61. The van der Waals surface area contributed by atoms with Crippen LogP contribution >= 0.6 is 0 Å². The summed E-state index contributed by atoms with van der Waals surface area (Å²) >= 11 is 0. The number of likely N-dealkylation sites (tertiary alicyclic amines) is 3. The molecule has 2 aromatic rings. The highest BCUT2D eigenvalue weighted by Gasteiger charge is 2.49. The average Bonchev–Trinajstić information content (AvgIpc) is 3.62. The van der Waals surface area contributed by atoms with Crippen molar-refractivity contribution in [1.29, 1.82) is 0 Å². The van der Waals surface area contributed by atoms with E-state index in [9.17, 15) is 14.0 Å². The van der Waals surface area contributed by atoms with Crippen LogP contribution in [0.1, 0.15) is 85.6 Å². The lowest BCUT2D eigenvalue weighted by Crippen LogP contribution is -2.45. The van der Waals surface area contributed by atoms with E-state index in [-0.39, 0.29) is 35.0 Å². The lowest BCUT2D eigenvalue weighted by molar-refractivity contribution is -0.131. The van der Waals surface area contributed by atoms with Crippen LogP contribution in [0.4, 0.5) is 4.39 Å². The highest BCUT2D eigenvalue weighted by atomic mass is 19.1. The van der Waals surface area contributed by atoms with Gasteiger partial charge < -0.3 is 14.2 Å². The van der Waals surface area contributed by atoms with Crippen LogP contribution in [0.25, 0.3) is 0 Å². The van der Waals surface area contributed by atoms with E-state index in [0.29, 0.717) is 42.5 Å². The predicted octanol–water partition coefficient (Wildman–Crippen LogP) is 3.93. The Morgan fingerprint density at radius 1 is 1.11 bits per heavy atom. The van der Waals surface area contributed by atoms with Crippen LogP contribution in [0.3, 0.4) is 0 Å². The number of aryl methyl sites for hydroxylation is 1. The maximum Gasteiger partial charge on any atom is 0.253 e. The fourth-order valence-electron chi connectivity index (χ4n) is 5.86. The van der Waals surface area contributed by atoms with Crippen LogP contribution in [-0.2, 0) is 4.79 Å². The van der Waals surface area contributed by atoms with Crippen molar-refractivity contribution in [2.45, 2.75) is 64.8 Å². The Bertz CT molecular complexity index is 1120. The van der Waals surface area contributed by atoms with Crippen LogP contribution in [0, 0.1) is 18.2 Å². The van der Waals surface area contributed by atoms with Gasteiger partial charge in [0.15, 0.2) is 0 Å². The monoisotopic (exact) mass is 497 g/mol. The first-order valence-corrected chi connectivity index (χ1v) is 13.2. The van der Waals surface area contributed by atoms with Gasteiger partial charge in [-0.3, -0.25) is 14.5 Å². The summed E-state index contributed by atoms with van der Waals surface area (Å²) in [5.74, 6) is 1.01. The van der Waals surface area contributed by atoms with E-state index < -0.39 is 0 Å². The summed E-state index contributed by atoms with van der Waals surface area (Å²) in [4.78, 5) is 32.1. The van der Waals surface area contributed by atoms with Gasteiger partial charge in [0, 0.05) is 44.2 Å². The van der Waals surface area contributed by atoms with Crippen LogP contribution in [-0.4, -0.2) is 76.0 Å². The second-order valence-electron chi connectivity index (χ2n) is 11.1. The van der Waals surface area contributed by atoms with Gasteiger partial charge >= 0.3 is 0 Å². The number of hydrogen-bond acceptors (Lipinski definition) is 6. The highest BCUT2D eigenvalue weighted by molar-refractivity contribution is 5.94. The molecule has 3 fully saturated rings. The van der Waals surface area contributed by atoms with Crippen molar-refractivity contribution in [3.63, 3.8) is 0 Å². The number of aromatic nitrogens is 2. The lowest BCUT2D eigenvalue weighted by Gasteiger charge is -2.39. The molecular weight excluding hydrogens is 461 g/mol. The number of carbonyl (C=O) groups is 2. The molecule has 0 radical (unpaired) electrons. The summed E-state index contributed by atoms with van der Waals surface area (Å²) < 4.78 is 20.1. The Labute approximate surface area is 211 Å². The Morgan fingerprint density at radius 3 is 2.47 bits per heavy atom. The van der Waals surface area contributed by atoms with Crippen LogP contribution < -0.4 is 0 Å². The molecule has 1 spiro atoms. The van der Waals surface area contributed by atoms with Gasteiger partial charge in [0.25, 0.3) is 5.91 Å². The summed E-state index contributed by atoms with van der Waals surface area (Å²) in [6.07, 6.45) is 4.60. The third kappa shape index (κ3) is 4.90. The summed E-state index contributed by atoms with van der Waals surface area (Å²) in [5.41, 5.74) is 0.896. The molecule has 2 amide bonds. The number of carbonyl (C=O) groups excluding carboxylic acids is 2. The van der Waals surface area contributed by atoms with E-state index in [0.717, 1.165) is 51.7 Å². The second kappa shape index (κ2) is 9.92. The number of hydrogen-bond donors (Lipinski definition) is 0. The number of benzene rings is 1. The fraction of sp³-hybridized carbons (Fsp3) is 0.630. The number of nitrogens with zero attached hydrogens (tertiary/aromatic N) is 5. The predicted molar refractivity (Wildman–Crippen MR) is 132 cm³/mol. The Morgan fingerprint density at radius 2 is 1.83 bits per heavy atom. The third-order valence-electron chi connectivity index (χ3n) is 8.17. The molecule has 1 unspecified atom stereocenters. The quantitative estimate of drug-likeness (QED) is 0.623. The average molecular weight is 498 g/mol. The molecule has 1 atom stereocenters. The molecule has 1 aromatic heterocycles. The first kappa shape index (κ1) is 24.9. The molecule has 3 aliphatic rings. The first-order valence-electron chi connectivity index (χ1n) is 13.2. The number of rotatable bonds is 5. The maximum absolute atomic E-state index is 14.0. The van der Waals surface area contributed by atoms with Crippen LogP contribution in [0.15, 0.2) is 22.6 Å². The molecule has 3 aliphatic heterocycles. The van der Waals surface area contributed by atoms with Crippen molar-refractivity contribution in [2.75, 3.05) is 39.3 Å². The molecule has 0 N–H and O–H groups in total. The van der Waals surface area contributed by atoms with E-state index in [1.54, 1.807) is 19.1 Å². The van der Waals surface area contributed by atoms with E-state index in [4.69, 9.17) is 4.42 Å². The van der Waals surface area contributed by atoms with Gasteiger partial charge in [-0.25, -0.2) is 4.39 Å². The van der Waals surface area contributed by atoms with Crippen LogP contribution in [0.5, 0.6) is 0 Å². The van der Waals surface area contributed by atoms with Crippen molar-refractivity contribution < 1.29 is 18.4 Å². The minimum absolute atomic E-state index is 0.0300. The Kier molecular flexibility index (Phi) is 6.85. The first-order chi connectivity index (χ1) is 17.2. The van der Waals surface area contributed by atoms with Crippen molar-refractivity contribution in [3.05, 3.63) is 46.9 Å². The van der Waals surface area contributed by atoms with Gasteiger partial charge in [0.1, 0.15) is 5.82 Å². The van der Waals surface area contributed by atoms with Gasteiger partial charge in [0.2, 0.25) is 17.7 Å². The van der Waals surface area contributed by atoms with E-state index in [1.165, 1.54) is 6.07 Å². The van der Waals surface area contributed by atoms with Gasteiger partial charge in [-0.15, -0.1) is 10.2 Å². The molecule has 9 heteroatoms. The zero-order chi connectivity index (χ0) is 25.4. The smallest absolute Gasteiger partial charge is 0.253 e. The minimum Gasteiger partial charge on any atom is -0.423 e. The molecule has 36 heavy (non-hydrogen) atoms. The standard InChI is InChI=1S/C27H36FN5O3/c1-18(2)24-29-30-25(36-24)22-15-27(17-33(22)16-23(34)31-10-4-5-11-31)8-12-32(13-9-27)26(35)20-7-6-19(3)21(28)14-20/h6-7,14,18,22H,4-5,8-13,15-17H2,1-3H3. The third-order valence-corrected chi connectivity index (χ3v) is 8.17. The summed E-state index contributed by atoms with van der Waals surface area (Å²) in [7, 11) is 0. The molecule has 0 saturated carbocycles. The van der Waals surface area contributed by atoms with Gasteiger partial charge in [-0.1, -0.05) is 19.9 Å². The van der Waals surface area contributed by atoms with E-state index in [2.05, 4.69) is 15.1 Å². The second-order valence-corrected chi connectivity index (χ2v) is 11.1. The molecule has 0 bridgehead atoms. The minimum atomic E-state index is -0.355. The summed E-state index contributed by atoms with van der Waals surface area (Å²) in [6, 6.07) is 4.58. The maximum atomic E-state index is 14.0. The van der Waals surface area contributed by atoms with E-state index in [1.807, 2.05) is 23.6 Å². The Hall–Kier alpha value is -2.81. The normalized spacial score (nSPS) is 22.2. The molecule has 5 rings (SSSR count). The zero-order valence-electron chi connectivity index (χ0n) is 21.5. The molecule has 4 heterocycles. The zero-order valence-corrected chi connectivity index (χ0v) is 21.5.